The molecule has 2 aliphatic heterocycles. The molecule has 0 N–H and O–H groups in total. The van der Waals surface area contributed by atoms with Crippen molar-refractivity contribution >= 4 is 33.6 Å². The van der Waals surface area contributed by atoms with Gasteiger partial charge in [0.25, 0.3) is 0 Å². The zero-order chi connectivity index (χ0) is 18.1. The van der Waals surface area contributed by atoms with Crippen LogP contribution in [0, 0.1) is 11.3 Å². The van der Waals surface area contributed by atoms with Crippen molar-refractivity contribution in [3.8, 4) is 6.07 Å². The van der Waals surface area contributed by atoms with Gasteiger partial charge >= 0.3 is 0 Å². The average molecular weight is 430 g/mol. The minimum absolute atomic E-state index is 0.0589. The van der Waals surface area contributed by atoms with Crippen LogP contribution in [0.3, 0.4) is 0 Å². The molecular formula is C19H16BrN3O2S. The monoisotopic (exact) mass is 429 g/mol. The van der Waals surface area contributed by atoms with E-state index in [4.69, 9.17) is 4.42 Å². The third kappa shape index (κ3) is 3.32. The number of furan rings is 1. The van der Waals surface area contributed by atoms with E-state index < -0.39 is 0 Å². The summed E-state index contributed by atoms with van der Waals surface area (Å²) in [7, 11) is 0. The van der Waals surface area contributed by atoms with Gasteiger partial charge in [-0.1, -0.05) is 39.8 Å². The van der Waals surface area contributed by atoms with Crippen LogP contribution in [0.15, 0.2) is 62.2 Å². The summed E-state index contributed by atoms with van der Waals surface area (Å²) in [6.07, 6.45) is 1.98. The number of hydrogen-bond donors (Lipinski definition) is 0. The van der Waals surface area contributed by atoms with E-state index in [1.807, 2.05) is 36.4 Å². The predicted molar refractivity (Wildman–Crippen MR) is 103 cm³/mol. The van der Waals surface area contributed by atoms with E-state index >= 15 is 0 Å². The maximum atomic E-state index is 12.8. The van der Waals surface area contributed by atoms with E-state index in [1.54, 1.807) is 22.9 Å². The summed E-state index contributed by atoms with van der Waals surface area (Å²) in [5.41, 5.74) is 1.69. The standard InChI is InChI=1S/C19H16BrN3O2S/c20-14-5-3-13(4-6-14)16-8-18(24)23-11-22(10-15-2-1-7-25-15)12-26-19(23)17(16)9-21/h1-7,16H,8,10-12H2/t16-/m0/s1. The molecule has 1 atom stereocenters. The quantitative estimate of drug-likeness (QED) is 0.729. The van der Waals surface area contributed by atoms with Crippen molar-refractivity contribution in [1.82, 2.24) is 9.80 Å². The zero-order valence-electron chi connectivity index (χ0n) is 13.9. The summed E-state index contributed by atoms with van der Waals surface area (Å²) in [5, 5.41) is 10.6. The van der Waals surface area contributed by atoms with Gasteiger partial charge in [0.15, 0.2) is 0 Å². The molecule has 4 rings (SSSR count). The summed E-state index contributed by atoms with van der Waals surface area (Å²) < 4.78 is 6.39. The van der Waals surface area contributed by atoms with Crippen LogP contribution in [-0.2, 0) is 11.3 Å². The van der Waals surface area contributed by atoms with Crippen molar-refractivity contribution < 1.29 is 9.21 Å². The number of benzene rings is 1. The molecule has 0 bridgehead atoms. The number of nitrogens with zero attached hydrogens (tertiary/aromatic N) is 3. The molecule has 1 aromatic carbocycles. The Morgan fingerprint density at radius 3 is 2.81 bits per heavy atom. The molecule has 26 heavy (non-hydrogen) atoms. The second-order valence-corrected chi connectivity index (χ2v) is 8.13. The van der Waals surface area contributed by atoms with Gasteiger partial charge in [-0.05, 0) is 29.8 Å². The number of thioether (sulfide) groups is 1. The molecule has 1 saturated heterocycles. The Morgan fingerprint density at radius 2 is 2.12 bits per heavy atom. The smallest absolute Gasteiger partial charge is 0.229 e. The lowest BCUT2D eigenvalue weighted by Gasteiger charge is -2.41. The van der Waals surface area contributed by atoms with E-state index in [0.717, 1.165) is 26.7 Å². The maximum absolute atomic E-state index is 12.8. The van der Waals surface area contributed by atoms with Crippen LogP contribution in [-0.4, -0.2) is 28.3 Å². The number of rotatable bonds is 3. The van der Waals surface area contributed by atoms with E-state index in [1.165, 1.54) is 0 Å². The summed E-state index contributed by atoms with van der Waals surface area (Å²) in [4.78, 5) is 16.7. The van der Waals surface area contributed by atoms with Crippen LogP contribution < -0.4 is 0 Å². The van der Waals surface area contributed by atoms with Crippen molar-refractivity contribution in [1.29, 1.82) is 5.26 Å². The SMILES string of the molecule is N#CC1=C2SCN(Cc3ccco3)CN2C(=O)C[C@H]1c1ccc(Br)cc1. The van der Waals surface area contributed by atoms with Gasteiger partial charge in [-0.15, -0.1) is 0 Å². The van der Waals surface area contributed by atoms with Crippen LogP contribution in [0.1, 0.15) is 23.7 Å². The number of hydrogen-bond acceptors (Lipinski definition) is 5. The molecule has 132 valence electrons. The largest absolute Gasteiger partial charge is 0.468 e. The van der Waals surface area contributed by atoms with Crippen molar-refractivity contribution in [2.24, 2.45) is 0 Å². The molecule has 3 heterocycles. The molecule has 0 spiro atoms. The molecule has 0 aliphatic carbocycles. The highest BCUT2D eigenvalue weighted by Crippen LogP contribution is 2.42. The lowest BCUT2D eigenvalue weighted by molar-refractivity contribution is -0.132. The number of carbonyl (C=O) groups excluding carboxylic acids is 1. The average Bonchev–Trinajstić information content (AvgIpc) is 3.15. The fraction of sp³-hybridized carbons (Fsp3) is 0.263. The minimum atomic E-state index is -0.170. The van der Waals surface area contributed by atoms with Gasteiger partial charge in [0.1, 0.15) is 5.76 Å². The van der Waals surface area contributed by atoms with E-state index in [-0.39, 0.29) is 11.8 Å². The number of carbonyl (C=O) groups is 1. The first-order chi connectivity index (χ1) is 12.7. The van der Waals surface area contributed by atoms with Crippen LogP contribution in [0.2, 0.25) is 0 Å². The number of amides is 1. The van der Waals surface area contributed by atoms with Crippen molar-refractivity contribution in [2.45, 2.75) is 18.9 Å². The molecule has 1 amide bonds. The van der Waals surface area contributed by atoms with Crippen LogP contribution in [0.4, 0.5) is 0 Å². The predicted octanol–water partition coefficient (Wildman–Crippen LogP) is 4.26. The summed E-state index contributed by atoms with van der Waals surface area (Å²) >= 11 is 4.98. The highest BCUT2D eigenvalue weighted by molar-refractivity contribution is 9.10. The van der Waals surface area contributed by atoms with E-state index in [2.05, 4.69) is 26.9 Å². The molecular weight excluding hydrogens is 414 g/mol. The summed E-state index contributed by atoms with van der Waals surface area (Å²) in [6, 6.07) is 14.0. The van der Waals surface area contributed by atoms with Gasteiger partial charge in [-0.3, -0.25) is 14.6 Å². The van der Waals surface area contributed by atoms with Crippen LogP contribution >= 0.6 is 27.7 Å². The molecule has 0 unspecified atom stereocenters. The lowest BCUT2D eigenvalue weighted by atomic mass is 9.86. The van der Waals surface area contributed by atoms with Crippen LogP contribution in [0.25, 0.3) is 0 Å². The lowest BCUT2D eigenvalue weighted by Crippen LogP contribution is -2.46. The van der Waals surface area contributed by atoms with Crippen molar-refractivity contribution in [3.63, 3.8) is 0 Å². The van der Waals surface area contributed by atoms with Gasteiger partial charge in [-0.25, -0.2) is 0 Å². The van der Waals surface area contributed by atoms with Crippen LogP contribution in [0.5, 0.6) is 0 Å². The fourth-order valence-electron chi connectivity index (χ4n) is 3.31. The maximum Gasteiger partial charge on any atom is 0.229 e. The van der Waals surface area contributed by atoms with Crippen molar-refractivity contribution in [2.75, 3.05) is 12.5 Å². The van der Waals surface area contributed by atoms with Gasteiger partial charge in [0, 0.05) is 16.8 Å². The number of fused-ring (bicyclic) bond motifs is 1. The molecule has 2 aliphatic rings. The van der Waals surface area contributed by atoms with Gasteiger partial charge in [0.05, 0.1) is 42.0 Å². The topological polar surface area (TPSA) is 60.5 Å². The Kier molecular flexibility index (Phi) is 4.90. The number of halogens is 1. The summed E-state index contributed by atoms with van der Waals surface area (Å²) in [5.74, 6) is 1.48. The van der Waals surface area contributed by atoms with Crippen molar-refractivity contribution in [3.05, 3.63) is 69.1 Å². The first kappa shape index (κ1) is 17.4. The molecule has 2 aromatic rings. The fourth-order valence-corrected chi connectivity index (χ4v) is 4.71. The zero-order valence-corrected chi connectivity index (χ0v) is 16.3. The number of allylic oxidation sites excluding steroid dienone is 1. The second kappa shape index (κ2) is 7.31. The van der Waals surface area contributed by atoms with Gasteiger partial charge in [-0.2, -0.15) is 5.26 Å². The second-order valence-electron chi connectivity index (χ2n) is 6.28. The molecule has 0 saturated carbocycles. The Bertz CT molecular complexity index is 887. The third-order valence-electron chi connectivity index (χ3n) is 4.58. The van der Waals surface area contributed by atoms with Gasteiger partial charge < -0.3 is 4.42 Å². The minimum Gasteiger partial charge on any atom is -0.468 e. The highest BCUT2D eigenvalue weighted by Gasteiger charge is 2.38. The van der Waals surface area contributed by atoms with Gasteiger partial charge in [0.2, 0.25) is 5.91 Å². The number of nitriles is 1. The Hall–Kier alpha value is -2.01. The summed E-state index contributed by atoms with van der Waals surface area (Å²) in [6.45, 7) is 1.13. The first-order valence-corrected chi connectivity index (χ1v) is 10.0. The third-order valence-corrected chi connectivity index (χ3v) is 6.32. The molecule has 0 radical (unpaired) electrons. The first-order valence-electron chi connectivity index (χ1n) is 8.23. The Balaban J connectivity index is 1.60. The Labute approximate surface area is 164 Å². The molecule has 5 nitrogen and oxygen atoms in total. The molecule has 1 aromatic heterocycles. The molecule has 1 fully saturated rings. The Morgan fingerprint density at radius 1 is 1.31 bits per heavy atom. The normalized spacial score (nSPS) is 20.8. The van der Waals surface area contributed by atoms with E-state index in [0.29, 0.717) is 25.2 Å². The highest BCUT2D eigenvalue weighted by atomic mass is 79.9. The van der Waals surface area contributed by atoms with E-state index in [9.17, 15) is 10.1 Å². The molecule has 7 heteroatoms.